The van der Waals surface area contributed by atoms with Gasteiger partial charge in [0.25, 0.3) is 0 Å². The predicted octanol–water partition coefficient (Wildman–Crippen LogP) is 4.62. The second kappa shape index (κ2) is 6.19. The number of hydrogen-bond donors (Lipinski definition) is 1. The second-order valence-electron chi connectivity index (χ2n) is 5.95. The first kappa shape index (κ1) is 15.0. The molecular formula is C15H24IN. The summed E-state index contributed by atoms with van der Waals surface area (Å²) >= 11 is 2.34. The first-order valence-electron chi connectivity index (χ1n) is 6.29. The van der Waals surface area contributed by atoms with Crippen LogP contribution in [0.15, 0.2) is 24.3 Å². The zero-order valence-electron chi connectivity index (χ0n) is 11.5. The highest BCUT2D eigenvalue weighted by atomic mass is 127. The Bertz CT molecular complexity index is 337. The van der Waals surface area contributed by atoms with Gasteiger partial charge in [0, 0.05) is 9.61 Å². The van der Waals surface area contributed by atoms with Gasteiger partial charge in [-0.1, -0.05) is 39.8 Å². The molecule has 0 spiro atoms. The summed E-state index contributed by atoms with van der Waals surface area (Å²) in [6, 6.07) is 9.18. The van der Waals surface area contributed by atoms with E-state index >= 15 is 0 Å². The van der Waals surface area contributed by atoms with Gasteiger partial charge < -0.3 is 5.32 Å². The molecule has 0 aliphatic carbocycles. The van der Waals surface area contributed by atoms with Crippen LogP contribution in [-0.2, 0) is 0 Å². The summed E-state index contributed by atoms with van der Waals surface area (Å²) in [5, 5.41) is 3.62. The summed E-state index contributed by atoms with van der Waals surface area (Å²) < 4.78 is 1.29. The van der Waals surface area contributed by atoms with Crippen LogP contribution in [0.1, 0.15) is 46.2 Å². The molecule has 2 heteroatoms. The van der Waals surface area contributed by atoms with Crippen molar-refractivity contribution in [3.8, 4) is 0 Å². The summed E-state index contributed by atoms with van der Waals surface area (Å²) in [4.78, 5) is 0. The van der Waals surface area contributed by atoms with Crippen LogP contribution in [0.4, 0.5) is 0 Å². The van der Waals surface area contributed by atoms with Crippen LogP contribution >= 0.6 is 22.6 Å². The van der Waals surface area contributed by atoms with Gasteiger partial charge in [0.2, 0.25) is 0 Å². The van der Waals surface area contributed by atoms with Crippen molar-refractivity contribution < 1.29 is 0 Å². The van der Waals surface area contributed by atoms with E-state index in [9.17, 15) is 0 Å². The van der Waals surface area contributed by atoms with Gasteiger partial charge in [-0.25, -0.2) is 0 Å². The summed E-state index contributed by atoms with van der Waals surface area (Å²) in [7, 11) is 0. The molecule has 1 aromatic rings. The van der Waals surface area contributed by atoms with Crippen LogP contribution in [0, 0.1) is 14.9 Å². The maximum absolute atomic E-state index is 3.62. The molecule has 1 N–H and O–H groups in total. The third-order valence-corrected chi connectivity index (χ3v) is 4.30. The zero-order chi connectivity index (χ0) is 13.1. The van der Waals surface area contributed by atoms with E-state index < -0.39 is 0 Å². The molecule has 17 heavy (non-hydrogen) atoms. The smallest absolute Gasteiger partial charge is 0.0291 e. The first-order valence-corrected chi connectivity index (χ1v) is 7.37. The summed E-state index contributed by atoms with van der Waals surface area (Å²) in [6.45, 7) is 12.5. The Balaban J connectivity index is 2.50. The minimum absolute atomic E-state index is 0.374. The van der Waals surface area contributed by atoms with Gasteiger partial charge in [-0.2, -0.15) is 0 Å². The molecule has 0 amide bonds. The standard InChI is InChI=1S/C15H24IN/c1-11(15(3,4)5)10-17-12(2)13-6-8-14(16)9-7-13/h6-9,11-12,17H,10H2,1-5H3. The maximum Gasteiger partial charge on any atom is 0.0291 e. The van der Waals surface area contributed by atoms with Crippen LogP contribution in [0.3, 0.4) is 0 Å². The lowest BCUT2D eigenvalue weighted by atomic mass is 9.82. The van der Waals surface area contributed by atoms with E-state index in [4.69, 9.17) is 0 Å². The molecule has 0 aromatic heterocycles. The van der Waals surface area contributed by atoms with Crippen molar-refractivity contribution >= 4 is 22.6 Å². The Kier molecular flexibility index (Phi) is 5.45. The largest absolute Gasteiger partial charge is 0.310 e. The van der Waals surface area contributed by atoms with E-state index in [-0.39, 0.29) is 0 Å². The highest BCUT2D eigenvalue weighted by molar-refractivity contribution is 14.1. The molecule has 0 saturated carbocycles. The highest BCUT2D eigenvalue weighted by Crippen LogP contribution is 2.25. The molecule has 2 unspecified atom stereocenters. The van der Waals surface area contributed by atoms with Crippen LogP contribution < -0.4 is 5.32 Å². The summed E-state index contributed by atoms with van der Waals surface area (Å²) in [5.41, 5.74) is 1.74. The van der Waals surface area contributed by atoms with Gasteiger partial charge in [0.05, 0.1) is 0 Å². The van der Waals surface area contributed by atoms with Crippen LogP contribution in [0.25, 0.3) is 0 Å². The van der Waals surface area contributed by atoms with Crippen molar-refractivity contribution in [2.75, 3.05) is 6.54 Å². The van der Waals surface area contributed by atoms with Gasteiger partial charge in [0.1, 0.15) is 0 Å². The number of halogens is 1. The van der Waals surface area contributed by atoms with Gasteiger partial charge in [0.15, 0.2) is 0 Å². The van der Waals surface area contributed by atoms with Gasteiger partial charge >= 0.3 is 0 Å². The Labute approximate surface area is 120 Å². The molecule has 0 radical (unpaired) electrons. The first-order chi connectivity index (χ1) is 7.80. The molecule has 1 aromatic carbocycles. The third-order valence-electron chi connectivity index (χ3n) is 3.58. The average Bonchev–Trinajstić information content (AvgIpc) is 2.25. The van der Waals surface area contributed by atoms with Crippen molar-refractivity contribution in [2.24, 2.45) is 11.3 Å². The number of rotatable bonds is 4. The quantitative estimate of drug-likeness (QED) is 0.785. The van der Waals surface area contributed by atoms with E-state index in [1.165, 1.54) is 9.13 Å². The lowest BCUT2D eigenvalue weighted by Gasteiger charge is -2.29. The SMILES string of the molecule is CC(NCC(C)C(C)(C)C)c1ccc(I)cc1. The van der Waals surface area contributed by atoms with Gasteiger partial charge in [-0.15, -0.1) is 0 Å². The fourth-order valence-electron chi connectivity index (χ4n) is 1.53. The molecule has 1 rings (SSSR count). The zero-order valence-corrected chi connectivity index (χ0v) is 13.7. The Morgan fingerprint density at radius 3 is 2.12 bits per heavy atom. The van der Waals surface area contributed by atoms with E-state index in [0.717, 1.165) is 6.54 Å². The molecule has 0 heterocycles. The molecule has 0 aliphatic rings. The lowest BCUT2D eigenvalue weighted by molar-refractivity contribution is 0.247. The molecule has 0 fully saturated rings. The maximum atomic E-state index is 3.62. The van der Waals surface area contributed by atoms with Gasteiger partial charge in [-0.05, 0) is 65.1 Å². The predicted molar refractivity (Wildman–Crippen MR) is 84.2 cm³/mol. The minimum atomic E-state index is 0.374. The topological polar surface area (TPSA) is 12.0 Å². The third kappa shape index (κ3) is 4.96. The Morgan fingerprint density at radius 2 is 1.65 bits per heavy atom. The fourth-order valence-corrected chi connectivity index (χ4v) is 1.89. The van der Waals surface area contributed by atoms with Crippen LogP contribution in [0.2, 0.25) is 0 Å². The van der Waals surface area contributed by atoms with E-state index in [0.29, 0.717) is 17.4 Å². The van der Waals surface area contributed by atoms with E-state index in [2.05, 4.69) is 86.8 Å². The summed E-state index contributed by atoms with van der Waals surface area (Å²) in [5.74, 6) is 0.675. The normalized spacial score (nSPS) is 15.6. The lowest BCUT2D eigenvalue weighted by Crippen LogP contribution is -2.31. The van der Waals surface area contributed by atoms with Crippen molar-refractivity contribution in [1.29, 1.82) is 0 Å². The van der Waals surface area contributed by atoms with Crippen molar-refractivity contribution in [3.63, 3.8) is 0 Å². The van der Waals surface area contributed by atoms with Crippen LogP contribution in [-0.4, -0.2) is 6.54 Å². The van der Waals surface area contributed by atoms with E-state index in [1.807, 2.05) is 0 Å². The molecule has 96 valence electrons. The molecular weight excluding hydrogens is 321 g/mol. The molecule has 0 aliphatic heterocycles. The number of hydrogen-bond acceptors (Lipinski definition) is 1. The number of benzene rings is 1. The van der Waals surface area contributed by atoms with Crippen molar-refractivity contribution in [1.82, 2.24) is 5.32 Å². The monoisotopic (exact) mass is 345 g/mol. The minimum Gasteiger partial charge on any atom is -0.310 e. The number of nitrogens with one attached hydrogen (secondary N) is 1. The highest BCUT2D eigenvalue weighted by Gasteiger charge is 2.20. The molecule has 1 nitrogen and oxygen atoms in total. The Morgan fingerprint density at radius 1 is 1.12 bits per heavy atom. The Hall–Kier alpha value is -0.0900. The van der Waals surface area contributed by atoms with E-state index in [1.54, 1.807) is 0 Å². The molecule has 0 bridgehead atoms. The van der Waals surface area contributed by atoms with Crippen molar-refractivity contribution in [2.45, 2.75) is 40.7 Å². The molecule has 0 saturated heterocycles. The average molecular weight is 345 g/mol. The molecule has 2 atom stereocenters. The summed E-state index contributed by atoms with van der Waals surface area (Å²) in [6.07, 6.45) is 0. The van der Waals surface area contributed by atoms with Gasteiger partial charge in [-0.3, -0.25) is 0 Å². The second-order valence-corrected chi connectivity index (χ2v) is 7.19. The van der Waals surface area contributed by atoms with Crippen LogP contribution in [0.5, 0.6) is 0 Å². The van der Waals surface area contributed by atoms with Crippen molar-refractivity contribution in [3.05, 3.63) is 33.4 Å². The fraction of sp³-hybridized carbons (Fsp3) is 0.600.